The molecule has 16 heavy (non-hydrogen) atoms. The topological polar surface area (TPSA) is 62.7 Å². The molecule has 1 saturated heterocycles. The zero-order chi connectivity index (χ0) is 11.4. The number of aromatic amines is 1. The molecule has 0 amide bonds. The smallest absolute Gasteiger partial charge is 0.314 e. The van der Waals surface area contributed by atoms with E-state index in [9.17, 15) is 4.79 Å². The van der Waals surface area contributed by atoms with Crippen LogP contribution in [0, 0.1) is 0 Å². The molecule has 90 valence electrons. The number of nitrogens with one attached hydrogen (secondary N) is 2. The number of hydrogen-bond donors (Lipinski definition) is 2. The van der Waals surface area contributed by atoms with Gasteiger partial charge in [0.25, 0.3) is 0 Å². The summed E-state index contributed by atoms with van der Waals surface area (Å²) >= 11 is 0. The summed E-state index contributed by atoms with van der Waals surface area (Å²) in [4.78, 5) is 14.3. The lowest BCUT2D eigenvalue weighted by molar-refractivity contribution is 0.358. The van der Waals surface area contributed by atoms with Crippen LogP contribution < -0.4 is 11.0 Å². The molecule has 0 aromatic carbocycles. The number of aryl methyl sites for hydroxylation is 2. The molecule has 1 aliphatic heterocycles. The van der Waals surface area contributed by atoms with Crippen LogP contribution in [0.5, 0.6) is 0 Å². The summed E-state index contributed by atoms with van der Waals surface area (Å²) in [5.74, 6) is 0.779. The number of nitrogens with zero attached hydrogens (tertiary/aromatic N) is 2. The number of aromatic nitrogens is 3. The second-order valence-electron chi connectivity index (χ2n) is 4.39. The Morgan fingerprint density at radius 1 is 1.50 bits per heavy atom. The summed E-state index contributed by atoms with van der Waals surface area (Å²) < 4.78 is 1.55. The molecule has 2 heterocycles. The summed E-state index contributed by atoms with van der Waals surface area (Å²) in [6, 6.07) is 0.558. The third-order valence-electron chi connectivity index (χ3n) is 3.16. The fraction of sp³-hybridized carbons (Fsp3) is 0.818. The van der Waals surface area contributed by atoms with Crippen molar-refractivity contribution in [3.63, 3.8) is 0 Å². The minimum Gasteiger partial charge on any atom is -0.314 e. The van der Waals surface area contributed by atoms with Gasteiger partial charge in [-0.25, -0.2) is 9.48 Å². The zero-order valence-electron chi connectivity index (χ0n) is 9.83. The molecule has 2 N–H and O–H groups in total. The number of piperidine rings is 1. The molecule has 0 aliphatic carbocycles. The van der Waals surface area contributed by atoms with Gasteiger partial charge in [0, 0.05) is 19.0 Å². The average molecular weight is 224 g/mol. The molecule has 0 saturated carbocycles. The van der Waals surface area contributed by atoms with Crippen molar-refractivity contribution in [2.45, 2.75) is 51.6 Å². The molecule has 1 unspecified atom stereocenters. The minimum atomic E-state index is -0.0762. The van der Waals surface area contributed by atoms with Gasteiger partial charge >= 0.3 is 5.69 Å². The number of H-pyrrole nitrogens is 1. The van der Waals surface area contributed by atoms with E-state index in [2.05, 4.69) is 15.4 Å². The quantitative estimate of drug-likeness (QED) is 0.790. The van der Waals surface area contributed by atoms with E-state index in [1.54, 1.807) is 4.68 Å². The van der Waals surface area contributed by atoms with Crippen molar-refractivity contribution in [1.29, 1.82) is 0 Å². The molecule has 1 fully saturated rings. The van der Waals surface area contributed by atoms with Gasteiger partial charge in [-0.15, -0.1) is 0 Å². The fourth-order valence-electron chi connectivity index (χ4n) is 2.16. The van der Waals surface area contributed by atoms with E-state index >= 15 is 0 Å². The lowest BCUT2D eigenvalue weighted by atomic mass is 10.0. The normalized spacial score (nSPS) is 21.2. The molecule has 1 aliphatic rings. The molecule has 1 aromatic heterocycles. The van der Waals surface area contributed by atoms with E-state index in [-0.39, 0.29) is 5.69 Å². The SMILES string of the molecule is CCc1nn(CCC2CCCCN2)c(=O)[nH]1. The maximum atomic E-state index is 11.5. The largest absolute Gasteiger partial charge is 0.343 e. The molecule has 1 aromatic rings. The van der Waals surface area contributed by atoms with Gasteiger partial charge in [-0.1, -0.05) is 13.3 Å². The second-order valence-corrected chi connectivity index (χ2v) is 4.39. The Labute approximate surface area is 95.2 Å². The highest BCUT2D eigenvalue weighted by atomic mass is 16.1. The molecule has 5 nitrogen and oxygen atoms in total. The first kappa shape index (κ1) is 11.4. The van der Waals surface area contributed by atoms with Crippen LogP contribution in [0.1, 0.15) is 38.4 Å². The summed E-state index contributed by atoms with van der Waals surface area (Å²) in [6.45, 7) is 3.82. The Bertz CT molecular complexity index is 376. The van der Waals surface area contributed by atoms with Gasteiger partial charge in [0.15, 0.2) is 0 Å². The van der Waals surface area contributed by atoms with E-state index < -0.39 is 0 Å². The van der Waals surface area contributed by atoms with E-state index in [0.29, 0.717) is 12.6 Å². The molecule has 5 heteroatoms. The third kappa shape index (κ3) is 2.72. The monoisotopic (exact) mass is 224 g/mol. The number of hydrogen-bond acceptors (Lipinski definition) is 3. The lowest BCUT2D eigenvalue weighted by Gasteiger charge is -2.22. The van der Waals surface area contributed by atoms with Crippen molar-refractivity contribution in [2.24, 2.45) is 0 Å². The highest BCUT2D eigenvalue weighted by molar-refractivity contribution is 4.81. The van der Waals surface area contributed by atoms with E-state index in [1.807, 2.05) is 6.92 Å². The zero-order valence-corrected chi connectivity index (χ0v) is 9.83. The summed E-state index contributed by atoms with van der Waals surface area (Å²) in [7, 11) is 0. The maximum absolute atomic E-state index is 11.5. The van der Waals surface area contributed by atoms with Gasteiger partial charge < -0.3 is 5.32 Å². The standard InChI is InChI=1S/C11H20N4O/c1-2-10-13-11(16)15(14-10)8-6-9-5-3-4-7-12-9/h9,12H,2-8H2,1H3,(H,13,14,16). The van der Waals surface area contributed by atoms with Gasteiger partial charge in [0.1, 0.15) is 5.82 Å². The Morgan fingerprint density at radius 2 is 2.38 bits per heavy atom. The second kappa shape index (κ2) is 5.30. The van der Waals surface area contributed by atoms with E-state index in [1.165, 1.54) is 19.3 Å². The van der Waals surface area contributed by atoms with E-state index in [0.717, 1.165) is 25.2 Å². The highest BCUT2D eigenvalue weighted by Gasteiger charge is 2.13. The van der Waals surface area contributed by atoms with Crippen molar-refractivity contribution in [1.82, 2.24) is 20.1 Å². The van der Waals surface area contributed by atoms with E-state index in [4.69, 9.17) is 0 Å². The Kier molecular flexibility index (Phi) is 3.77. The van der Waals surface area contributed by atoms with Crippen molar-refractivity contribution in [3.8, 4) is 0 Å². The Balaban J connectivity index is 1.88. The summed E-state index contributed by atoms with van der Waals surface area (Å²) in [5, 5.41) is 7.71. The third-order valence-corrected chi connectivity index (χ3v) is 3.16. The molecule has 0 radical (unpaired) electrons. The van der Waals surface area contributed by atoms with Crippen LogP contribution in [-0.4, -0.2) is 27.4 Å². The van der Waals surface area contributed by atoms with Crippen LogP contribution in [0.15, 0.2) is 4.79 Å². The molecule has 0 spiro atoms. The van der Waals surface area contributed by atoms with Crippen molar-refractivity contribution in [2.75, 3.05) is 6.54 Å². The van der Waals surface area contributed by atoms with Crippen LogP contribution >= 0.6 is 0 Å². The number of rotatable bonds is 4. The highest BCUT2D eigenvalue weighted by Crippen LogP contribution is 2.10. The molecular weight excluding hydrogens is 204 g/mol. The first-order valence-electron chi connectivity index (χ1n) is 6.19. The van der Waals surface area contributed by atoms with Gasteiger partial charge in [-0.05, 0) is 25.8 Å². The van der Waals surface area contributed by atoms with Crippen molar-refractivity contribution in [3.05, 3.63) is 16.3 Å². The predicted molar refractivity (Wildman–Crippen MR) is 62.5 cm³/mol. The van der Waals surface area contributed by atoms with Crippen LogP contribution in [0.4, 0.5) is 0 Å². The van der Waals surface area contributed by atoms with Gasteiger partial charge in [-0.3, -0.25) is 4.98 Å². The van der Waals surface area contributed by atoms with Gasteiger partial charge in [0.2, 0.25) is 0 Å². The predicted octanol–water partition coefficient (Wildman–Crippen LogP) is 0.666. The van der Waals surface area contributed by atoms with Crippen LogP contribution in [0.2, 0.25) is 0 Å². The molecule has 0 bridgehead atoms. The molecule has 2 rings (SSSR count). The average Bonchev–Trinajstić information content (AvgIpc) is 2.69. The van der Waals surface area contributed by atoms with Crippen LogP contribution in [0.25, 0.3) is 0 Å². The molecule has 1 atom stereocenters. The van der Waals surface area contributed by atoms with Gasteiger partial charge in [0.05, 0.1) is 0 Å². The van der Waals surface area contributed by atoms with Crippen molar-refractivity contribution < 1.29 is 0 Å². The first-order chi connectivity index (χ1) is 7.79. The first-order valence-corrected chi connectivity index (χ1v) is 6.19. The fourth-order valence-corrected chi connectivity index (χ4v) is 2.16. The lowest BCUT2D eigenvalue weighted by Crippen LogP contribution is -2.35. The van der Waals surface area contributed by atoms with Gasteiger partial charge in [-0.2, -0.15) is 5.10 Å². The summed E-state index contributed by atoms with van der Waals surface area (Å²) in [5.41, 5.74) is -0.0762. The van der Waals surface area contributed by atoms with Crippen LogP contribution in [-0.2, 0) is 13.0 Å². The maximum Gasteiger partial charge on any atom is 0.343 e. The minimum absolute atomic E-state index is 0.0762. The van der Waals surface area contributed by atoms with Crippen molar-refractivity contribution >= 4 is 0 Å². The Morgan fingerprint density at radius 3 is 3.00 bits per heavy atom. The van der Waals surface area contributed by atoms with Crippen LogP contribution in [0.3, 0.4) is 0 Å². The summed E-state index contributed by atoms with van der Waals surface area (Å²) in [6.07, 6.45) is 5.57. The molecular formula is C11H20N4O. The Hall–Kier alpha value is -1.10.